The third-order valence-corrected chi connectivity index (χ3v) is 4.14. The lowest BCUT2D eigenvalue weighted by Gasteiger charge is -2.03. The van der Waals surface area contributed by atoms with Gasteiger partial charge in [0.25, 0.3) is 0 Å². The number of H-pyrrole nitrogens is 1. The van der Waals surface area contributed by atoms with Gasteiger partial charge in [0.2, 0.25) is 5.95 Å². The number of aromatic nitrogens is 4. The number of nitrogens with one attached hydrogen (secondary N) is 2. The molecule has 0 fully saturated rings. The topological polar surface area (TPSA) is 92.5 Å². The Balaban J connectivity index is 1.96. The van der Waals surface area contributed by atoms with Crippen molar-refractivity contribution in [2.45, 2.75) is 10.2 Å². The Bertz CT molecular complexity index is 695. The largest absolute Gasteiger partial charge is 0.333 e. The van der Waals surface area contributed by atoms with Crippen LogP contribution in [-0.4, -0.2) is 19.9 Å². The minimum Gasteiger partial charge on any atom is -0.333 e. The van der Waals surface area contributed by atoms with Gasteiger partial charge in [-0.05, 0) is 39.8 Å². The van der Waals surface area contributed by atoms with Crippen LogP contribution >= 0.6 is 27.7 Å². The second-order valence-corrected chi connectivity index (χ2v) is 5.48. The Morgan fingerprint density at radius 2 is 2.11 bits per heavy atom. The minimum absolute atomic E-state index is 0.363. The predicted molar refractivity (Wildman–Crippen MR) is 77.8 cm³/mol. The smallest absolute Gasteiger partial charge is 0.238 e. The standard InChI is InChI=1S/C11H9BrN6S/c12-6-5-14-10(18-13)17-9(6)19-11-15-7-3-1-2-4-8(7)16-11/h1-5H,13H2,(H,15,16)(H,14,17,18). The zero-order valence-electron chi connectivity index (χ0n) is 9.59. The van der Waals surface area contributed by atoms with Crippen molar-refractivity contribution < 1.29 is 0 Å². The number of fused-ring (bicyclic) bond motifs is 1. The van der Waals surface area contributed by atoms with Gasteiger partial charge < -0.3 is 4.98 Å². The van der Waals surface area contributed by atoms with Gasteiger partial charge in [0.15, 0.2) is 5.16 Å². The number of halogens is 1. The Hall–Kier alpha value is -1.64. The summed E-state index contributed by atoms with van der Waals surface area (Å²) in [5.74, 6) is 5.66. The normalized spacial score (nSPS) is 10.8. The highest BCUT2D eigenvalue weighted by atomic mass is 79.9. The van der Waals surface area contributed by atoms with Crippen LogP contribution in [0.3, 0.4) is 0 Å². The molecule has 96 valence electrons. The number of imidazole rings is 1. The molecule has 6 nitrogen and oxygen atoms in total. The lowest BCUT2D eigenvalue weighted by atomic mass is 10.3. The van der Waals surface area contributed by atoms with E-state index in [0.29, 0.717) is 5.95 Å². The zero-order valence-corrected chi connectivity index (χ0v) is 12.0. The number of aromatic amines is 1. The van der Waals surface area contributed by atoms with Crippen molar-refractivity contribution in [2.24, 2.45) is 5.84 Å². The van der Waals surface area contributed by atoms with E-state index in [4.69, 9.17) is 5.84 Å². The third kappa shape index (κ3) is 2.55. The summed E-state index contributed by atoms with van der Waals surface area (Å²) in [5, 5.41) is 1.51. The molecule has 0 spiro atoms. The maximum Gasteiger partial charge on any atom is 0.238 e. The molecule has 0 aliphatic rings. The molecule has 0 amide bonds. The number of nitrogens with two attached hydrogens (primary N) is 1. The summed E-state index contributed by atoms with van der Waals surface area (Å²) in [7, 11) is 0. The average molecular weight is 337 g/mol. The van der Waals surface area contributed by atoms with Crippen molar-refractivity contribution in [1.29, 1.82) is 0 Å². The summed E-state index contributed by atoms with van der Waals surface area (Å²) in [5.41, 5.74) is 4.34. The van der Waals surface area contributed by atoms with Gasteiger partial charge in [0, 0.05) is 6.20 Å². The summed E-state index contributed by atoms with van der Waals surface area (Å²) in [6, 6.07) is 7.85. The van der Waals surface area contributed by atoms with Crippen LogP contribution in [0.2, 0.25) is 0 Å². The molecule has 0 radical (unpaired) electrons. The molecule has 2 aromatic heterocycles. The Labute approximate surface area is 121 Å². The Morgan fingerprint density at radius 1 is 1.26 bits per heavy atom. The van der Waals surface area contributed by atoms with Crippen LogP contribution in [-0.2, 0) is 0 Å². The number of hydrazine groups is 1. The van der Waals surface area contributed by atoms with E-state index in [1.165, 1.54) is 11.8 Å². The van der Waals surface area contributed by atoms with E-state index in [9.17, 15) is 0 Å². The number of nitrogen functional groups attached to an aromatic ring is 1. The number of hydrogen-bond acceptors (Lipinski definition) is 6. The molecule has 0 saturated carbocycles. The molecule has 0 saturated heterocycles. The molecule has 19 heavy (non-hydrogen) atoms. The number of nitrogens with zero attached hydrogens (tertiary/aromatic N) is 3. The molecule has 3 rings (SSSR count). The number of anilines is 1. The van der Waals surface area contributed by atoms with Crippen LogP contribution in [0.15, 0.2) is 45.1 Å². The van der Waals surface area contributed by atoms with Gasteiger partial charge in [-0.25, -0.2) is 20.8 Å². The SMILES string of the molecule is NNc1ncc(Br)c(Sc2nc3ccccc3[nH]2)n1. The monoisotopic (exact) mass is 336 g/mol. The maximum atomic E-state index is 5.30. The van der Waals surface area contributed by atoms with Crippen molar-refractivity contribution in [3.8, 4) is 0 Å². The van der Waals surface area contributed by atoms with E-state index >= 15 is 0 Å². The quantitative estimate of drug-likeness (QED) is 0.386. The van der Waals surface area contributed by atoms with Gasteiger partial charge in [-0.2, -0.15) is 0 Å². The highest BCUT2D eigenvalue weighted by molar-refractivity contribution is 9.10. The van der Waals surface area contributed by atoms with E-state index in [1.54, 1.807) is 6.20 Å². The van der Waals surface area contributed by atoms with Gasteiger partial charge in [0.1, 0.15) is 5.03 Å². The van der Waals surface area contributed by atoms with E-state index in [1.807, 2.05) is 24.3 Å². The summed E-state index contributed by atoms with van der Waals surface area (Å²) >= 11 is 4.81. The first-order valence-electron chi connectivity index (χ1n) is 5.38. The number of rotatable bonds is 3. The van der Waals surface area contributed by atoms with Crippen molar-refractivity contribution in [1.82, 2.24) is 19.9 Å². The van der Waals surface area contributed by atoms with E-state index in [0.717, 1.165) is 25.7 Å². The van der Waals surface area contributed by atoms with E-state index in [2.05, 4.69) is 41.3 Å². The maximum absolute atomic E-state index is 5.30. The molecule has 0 aliphatic carbocycles. The number of hydrogen-bond donors (Lipinski definition) is 3. The third-order valence-electron chi connectivity index (χ3n) is 2.40. The van der Waals surface area contributed by atoms with Gasteiger partial charge in [-0.3, -0.25) is 5.43 Å². The molecule has 0 bridgehead atoms. The van der Waals surface area contributed by atoms with Crippen LogP contribution in [0, 0.1) is 0 Å². The summed E-state index contributed by atoms with van der Waals surface area (Å²) < 4.78 is 0.789. The van der Waals surface area contributed by atoms with Crippen LogP contribution in [0.25, 0.3) is 11.0 Å². The first-order valence-corrected chi connectivity index (χ1v) is 6.99. The van der Waals surface area contributed by atoms with Gasteiger partial charge in [0.05, 0.1) is 15.5 Å². The Morgan fingerprint density at radius 3 is 2.89 bits per heavy atom. The van der Waals surface area contributed by atoms with Crippen molar-refractivity contribution in [3.05, 3.63) is 34.9 Å². The molecule has 2 heterocycles. The first-order chi connectivity index (χ1) is 9.26. The second kappa shape index (κ2) is 5.16. The molecule has 0 unspecified atom stereocenters. The summed E-state index contributed by atoms with van der Waals surface area (Å²) in [6.45, 7) is 0. The molecule has 8 heteroatoms. The highest BCUT2D eigenvalue weighted by Gasteiger charge is 2.10. The van der Waals surface area contributed by atoms with Gasteiger partial charge in [-0.15, -0.1) is 0 Å². The minimum atomic E-state index is 0.363. The average Bonchev–Trinajstić information content (AvgIpc) is 2.83. The summed E-state index contributed by atoms with van der Waals surface area (Å²) in [4.78, 5) is 16.0. The van der Waals surface area contributed by atoms with E-state index < -0.39 is 0 Å². The molecular weight excluding hydrogens is 328 g/mol. The second-order valence-electron chi connectivity index (χ2n) is 3.65. The molecule has 1 aromatic carbocycles. The lowest BCUT2D eigenvalue weighted by molar-refractivity contribution is 0.996. The summed E-state index contributed by atoms with van der Waals surface area (Å²) in [6.07, 6.45) is 1.65. The van der Waals surface area contributed by atoms with E-state index in [-0.39, 0.29) is 0 Å². The van der Waals surface area contributed by atoms with Crippen LogP contribution in [0.1, 0.15) is 0 Å². The zero-order chi connectivity index (χ0) is 13.2. The van der Waals surface area contributed by atoms with Gasteiger partial charge in [-0.1, -0.05) is 12.1 Å². The first kappa shape index (κ1) is 12.4. The van der Waals surface area contributed by atoms with Crippen molar-refractivity contribution in [2.75, 3.05) is 5.43 Å². The highest BCUT2D eigenvalue weighted by Crippen LogP contribution is 2.31. The molecule has 0 aliphatic heterocycles. The molecule has 0 atom stereocenters. The molecular formula is C11H9BrN6S. The Kier molecular flexibility index (Phi) is 3.36. The molecule has 3 aromatic rings. The fourth-order valence-corrected chi connectivity index (χ4v) is 2.77. The van der Waals surface area contributed by atoms with Crippen molar-refractivity contribution >= 4 is 44.7 Å². The lowest BCUT2D eigenvalue weighted by Crippen LogP contribution is -2.10. The number of para-hydroxylation sites is 2. The predicted octanol–water partition coefficient (Wildman–Crippen LogP) is 2.55. The van der Waals surface area contributed by atoms with Crippen molar-refractivity contribution in [3.63, 3.8) is 0 Å². The fraction of sp³-hybridized carbons (Fsp3) is 0. The van der Waals surface area contributed by atoms with Gasteiger partial charge >= 0.3 is 0 Å². The fourth-order valence-electron chi connectivity index (χ4n) is 1.56. The molecule has 4 N–H and O–H groups in total. The van der Waals surface area contributed by atoms with Crippen LogP contribution in [0.5, 0.6) is 0 Å². The number of benzene rings is 1. The van der Waals surface area contributed by atoms with Crippen LogP contribution < -0.4 is 11.3 Å². The van der Waals surface area contributed by atoms with Crippen LogP contribution in [0.4, 0.5) is 5.95 Å².